The summed E-state index contributed by atoms with van der Waals surface area (Å²) in [7, 11) is 0. The van der Waals surface area contributed by atoms with E-state index < -0.39 is 11.9 Å². The van der Waals surface area contributed by atoms with Gasteiger partial charge in [-0.2, -0.15) is 5.10 Å². The molecule has 4 amide bonds. The average molecular weight is 407 g/mol. The summed E-state index contributed by atoms with van der Waals surface area (Å²) in [5.74, 6) is -0.392. The van der Waals surface area contributed by atoms with E-state index in [9.17, 15) is 14.4 Å². The molecular weight excluding hydrogens is 390 g/mol. The molecular formula is C20H17N5O3S. The van der Waals surface area contributed by atoms with Crippen LogP contribution >= 0.6 is 11.3 Å². The van der Waals surface area contributed by atoms with Crippen molar-refractivity contribution in [1.29, 1.82) is 0 Å². The summed E-state index contributed by atoms with van der Waals surface area (Å²) in [6, 6.07) is 11.8. The molecule has 0 unspecified atom stereocenters. The first-order valence-electron chi connectivity index (χ1n) is 8.84. The molecule has 0 radical (unpaired) electrons. The van der Waals surface area contributed by atoms with Gasteiger partial charge in [-0.1, -0.05) is 24.3 Å². The molecule has 3 heterocycles. The van der Waals surface area contributed by atoms with Crippen LogP contribution in [0.2, 0.25) is 0 Å². The molecule has 4 rings (SSSR count). The summed E-state index contributed by atoms with van der Waals surface area (Å²) in [6.07, 6.45) is 3.16. The number of benzene rings is 1. The Labute approximate surface area is 170 Å². The van der Waals surface area contributed by atoms with Crippen molar-refractivity contribution >= 4 is 41.1 Å². The lowest BCUT2D eigenvalue weighted by atomic mass is 10.2. The number of nitrogens with zero attached hydrogens (tertiary/aromatic N) is 2. The lowest BCUT2D eigenvalue weighted by molar-refractivity contribution is -0.111. The van der Waals surface area contributed by atoms with Crippen molar-refractivity contribution in [3.63, 3.8) is 0 Å². The molecule has 3 aromatic rings. The third-order valence-electron chi connectivity index (χ3n) is 4.38. The molecule has 0 atom stereocenters. The van der Waals surface area contributed by atoms with Crippen molar-refractivity contribution in [1.82, 2.24) is 20.4 Å². The minimum atomic E-state index is -0.502. The number of carbonyl (C=O) groups is 3. The maximum atomic E-state index is 12.4. The first-order chi connectivity index (χ1) is 14.1. The van der Waals surface area contributed by atoms with E-state index in [0.29, 0.717) is 11.4 Å². The SMILES string of the molecule is O=C(C=Cc1cccs1)Nc1n[nH]c2c1CN(C(=O)NC(=O)c1ccccc1)C2. The number of thiophene rings is 1. The molecule has 0 saturated heterocycles. The fourth-order valence-electron chi connectivity index (χ4n) is 2.93. The van der Waals surface area contributed by atoms with Gasteiger partial charge in [0.15, 0.2) is 5.82 Å². The summed E-state index contributed by atoms with van der Waals surface area (Å²) in [5, 5.41) is 14.0. The third-order valence-corrected chi connectivity index (χ3v) is 5.22. The van der Waals surface area contributed by atoms with Gasteiger partial charge < -0.3 is 10.2 Å². The van der Waals surface area contributed by atoms with E-state index in [0.717, 1.165) is 16.1 Å². The lowest BCUT2D eigenvalue weighted by Gasteiger charge is -2.16. The number of urea groups is 1. The first-order valence-corrected chi connectivity index (χ1v) is 9.72. The molecule has 9 heteroatoms. The Morgan fingerprint density at radius 2 is 1.93 bits per heavy atom. The summed E-state index contributed by atoms with van der Waals surface area (Å²) in [5.41, 5.74) is 1.86. The number of carbonyl (C=O) groups excluding carboxylic acids is 3. The highest BCUT2D eigenvalue weighted by atomic mass is 32.1. The fourth-order valence-corrected chi connectivity index (χ4v) is 3.55. The number of rotatable bonds is 4. The van der Waals surface area contributed by atoms with E-state index in [1.54, 1.807) is 36.4 Å². The zero-order chi connectivity index (χ0) is 20.2. The molecule has 0 bridgehead atoms. The first kappa shape index (κ1) is 18.6. The Morgan fingerprint density at radius 3 is 2.69 bits per heavy atom. The minimum Gasteiger partial charge on any atom is -0.314 e. The molecule has 8 nitrogen and oxygen atoms in total. The van der Waals surface area contributed by atoms with Gasteiger partial charge in [-0.25, -0.2) is 4.79 Å². The molecule has 0 aliphatic carbocycles. The van der Waals surface area contributed by atoms with Crippen molar-refractivity contribution in [3.8, 4) is 0 Å². The van der Waals surface area contributed by atoms with Gasteiger partial charge in [0.25, 0.3) is 5.91 Å². The largest absolute Gasteiger partial charge is 0.324 e. The number of hydrogen-bond acceptors (Lipinski definition) is 5. The number of aromatic amines is 1. The normalized spacial score (nSPS) is 12.8. The number of amides is 4. The van der Waals surface area contributed by atoms with Gasteiger partial charge in [-0.15, -0.1) is 11.3 Å². The van der Waals surface area contributed by atoms with Crippen molar-refractivity contribution in [2.75, 3.05) is 5.32 Å². The number of hydrogen-bond donors (Lipinski definition) is 3. The molecule has 0 fully saturated rings. The van der Waals surface area contributed by atoms with Gasteiger partial charge in [-0.3, -0.25) is 20.0 Å². The maximum Gasteiger partial charge on any atom is 0.324 e. The molecule has 0 saturated carbocycles. The number of nitrogens with one attached hydrogen (secondary N) is 3. The molecule has 0 spiro atoms. The smallest absolute Gasteiger partial charge is 0.314 e. The highest BCUT2D eigenvalue weighted by Gasteiger charge is 2.29. The van der Waals surface area contributed by atoms with E-state index in [-0.39, 0.29) is 19.0 Å². The van der Waals surface area contributed by atoms with Crippen LogP contribution in [0, 0.1) is 0 Å². The molecule has 146 valence electrons. The molecule has 1 aliphatic rings. The Hall–Kier alpha value is -3.72. The Kier molecular flexibility index (Phi) is 5.21. The summed E-state index contributed by atoms with van der Waals surface area (Å²) in [4.78, 5) is 39.2. The Balaban J connectivity index is 1.36. The van der Waals surface area contributed by atoms with Gasteiger partial charge in [0.05, 0.1) is 18.8 Å². The van der Waals surface area contributed by atoms with E-state index in [1.807, 2.05) is 17.5 Å². The average Bonchev–Trinajstić information content (AvgIpc) is 3.46. The van der Waals surface area contributed by atoms with Gasteiger partial charge in [0.2, 0.25) is 5.91 Å². The Bertz CT molecular complexity index is 1070. The van der Waals surface area contributed by atoms with Crippen LogP contribution in [0.5, 0.6) is 0 Å². The predicted octanol–water partition coefficient (Wildman–Crippen LogP) is 2.99. The number of anilines is 1. The fraction of sp³-hybridized carbons (Fsp3) is 0.100. The van der Waals surface area contributed by atoms with Crippen LogP contribution in [0.1, 0.15) is 26.5 Å². The van der Waals surface area contributed by atoms with E-state index in [1.165, 1.54) is 22.3 Å². The van der Waals surface area contributed by atoms with Crippen LogP contribution < -0.4 is 10.6 Å². The van der Waals surface area contributed by atoms with Crippen LogP contribution in [-0.4, -0.2) is 32.9 Å². The zero-order valence-corrected chi connectivity index (χ0v) is 16.0. The second-order valence-electron chi connectivity index (χ2n) is 6.35. The minimum absolute atomic E-state index is 0.240. The Morgan fingerprint density at radius 1 is 1.10 bits per heavy atom. The van der Waals surface area contributed by atoms with Crippen molar-refractivity contribution in [3.05, 3.63) is 75.6 Å². The van der Waals surface area contributed by atoms with Crippen LogP contribution in [0.3, 0.4) is 0 Å². The number of aromatic nitrogens is 2. The van der Waals surface area contributed by atoms with Crippen molar-refractivity contribution < 1.29 is 14.4 Å². The third kappa shape index (κ3) is 4.25. The number of imide groups is 1. The van der Waals surface area contributed by atoms with E-state index >= 15 is 0 Å². The van der Waals surface area contributed by atoms with Gasteiger partial charge in [0.1, 0.15) is 0 Å². The van der Waals surface area contributed by atoms with Crippen molar-refractivity contribution in [2.45, 2.75) is 13.1 Å². The maximum absolute atomic E-state index is 12.4. The summed E-state index contributed by atoms with van der Waals surface area (Å²) >= 11 is 1.53. The summed E-state index contributed by atoms with van der Waals surface area (Å²) < 4.78 is 0. The highest BCUT2D eigenvalue weighted by molar-refractivity contribution is 7.10. The molecule has 3 N–H and O–H groups in total. The van der Waals surface area contributed by atoms with Gasteiger partial charge in [-0.05, 0) is 29.7 Å². The predicted molar refractivity (Wildman–Crippen MR) is 109 cm³/mol. The van der Waals surface area contributed by atoms with Crippen LogP contribution in [0.15, 0.2) is 53.9 Å². The standard InChI is InChI=1S/C20H17N5O3S/c26-17(9-8-14-7-4-10-29-14)21-18-15-11-25(12-16(15)23-24-18)20(28)22-19(27)13-5-2-1-3-6-13/h1-10H,11-12H2,(H,22,27,28)(H2,21,23,24,26). The van der Waals surface area contributed by atoms with Crippen LogP contribution in [-0.2, 0) is 17.9 Å². The zero-order valence-electron chi connectivity index (χ0n) is 15.2. The molecule has 1 aliphatic heterocycles. The van der Waals surface area contributed by atoms with Crippen LogP contribution in [0.4, 0.5) is 10.6 Å². The molecule has 1 aromatic carbocycles. The number of H-pyrrole nitrogens is 1. The van der Waals surface area contributed by atoms with Crippen molar-refractivity contribution in [2.24, 2.45) is 0 Å². The molecule has 29 heavy (non-hydrogen) atoms. The molecule has 2 aromatic heterocycles. The topological polar surface area (TPSA) is 107 Å². The van der Waals surface area contributed by atoms with Crippen LogP contribution in [0.25, 0.3) is 6.08 Å². The van der Waals surface area contributed by atoms with Gasteiger partial charge >= 0.3 is 6.03 Å². The highest BCUT2D eigenvalue weighted by Crippen LogP contribution is 2.27. The second-order valence-corrected chi connectivity index (χ2v) is 7.33. The monoisotopic (exact) mass is 407 g/mol. The number of fused-ring (bicyclic) bond motifs is 1. The van der Waals surface area contributed by atoms with E-state index in [4.69, 9.17) is 0 Å². The quantitative estimate of drug-likeness (QED) is 0.578. The lowest BCUT2D eigenvalue weighted by Crippen LogP contribution is -2.40. The van der Waals surface area contributed by atoms with E-state index in [2.05, 4.69) is 20.8 Å². The van der Waals surface area contributed by atoms with Gasteiger partial charge in [0, 0.05) is 22.1 Å². The second kappa shape index (κ2) is 8.11. The summed E-state index contributed by atoms with van der Waals surface area (Å²) in [6.45, 7) is 0.515.